The highest BCUT2D eigenvalue weighted by atomic mass is 35.5. The van der Waals surface area contributed by atoms with Crippen LogP contribution < -0.4 is 5.32 Å². The quantitative estimate of drug-likeness (QED) is 0.558. The third kappa shape index (κ3) is 4.75. The first-order valence-electron chi connectivity index (χ1n) is 9.19. The van der Waals surface area contributed by atoms with Crippen molar-refractivity contribution < 1.29 is 4.79 Å². The van der Waals surface area contributed by atoms with Crippen LogP contribution in [0.5, 0.6) is 0 Å². The smallest absolute Gasteiger partial charge is 0.230 e. The molecule has 0 aliphatic heterocycles. The van der Waals surface area contributed by atoms with E-state index < -0.39 is 0 Å². The average molecular weight is 415 g/mol. The molecule has 1 atom stereocenters. The molecule has 0 fully saturated rings. The van der Waals surface area contributed by atoms with Gasteiger partial charge in [-0.1, -0.05) is 48.5 Å². The number of rotatable bonds is 7. The summed E-state index contributed by atoms with van der Waals surface area (Å²) in [6.07, 6.45) is 0.899. The summed E-state index contributed by atoms with van der Waals surface area (Å²) in [6.45, 7) is 6.09. The van der Waals surface area contributed by atoms with Gasteiger partial charge in [-0.15, -0.1) is 10.2 Å². The van der Waals surface area contributed by atoms with E-state index in [1.54, 1.807) is 0 Å². The lowest BCUT2D eigenvalue weighted by Crippen LogP contribution is -2.33. The van der Waals surface area contributed by atoms with E-state index in [-0.39, 0.29) is 17.7 Å². The van der Waals surface area contributed by atoms with E-state index in [0.29, 0.717) is 10.2 Å². The molecule has 0 radical (unpaired) electrons. The highest BCUT2D eigenvalue weighted by Gasteiger charge is 2.18. The predicted molar refractivity (Wildman–Crippen MR) is 115 cm³/mol. The van der Waals surface area contributed by atoms with Crippen molar-refractivity contribution in [2.75, 3.05) is 5.75 Å². The molecule has 2 aromatic carbocycles. The van der Waals surface area contributed by atoms with Crippen LogP contribution in [0.3, 0.4) is 0 Å². The Morgan fingerprint density at radius 1 is 1.18 bits per heavy atom. The van der Waals surface area contributed by atoms with E-state index in [1.165, 1.54) is 11.8 Å². The van der Waals surface area contributed by atoms with Gasteiger partial charge in [-0.3, -0.25) is 9.36 Å². The zero-order valence-electron chi connectivity index (χ0n) is 16.1. The second-order valence-electron chi connectivity index (χ2n) is 6.60. The summed E-state index contributed by atoms with van der Waals surface area (Å²) in [6, 6.07) is 15.7. The molecule has 28 heavy (non-hydrogen) atoms. The number of hydrogen-bond acceptors (Lipinski definition) is 4. The molecule has 7 heteroatoms. The largest absolute Gasteiger partial charge is 0.353 e. The Bertz CT molecular complexity index is 955. The number of amides is 1. The summed E-state index contributed by atoms with van der Waals surface area (Å²) < 4.78 is 2.00. The molecule has 0 aliphatic carbocycles. The summed E-state index contributed by atoms with van der Waals surface area (Å²) in [5.74, 6) is 0.997. The van der Waals surface area contributed by atoms with Gasteiger partial charge < -0.3 is 5.32 Å². The van der Waals surface area contributed by atoms with Crippen LogP contribution in [0, 0.1) is 6.92 Å². The second kappa shape index (κ2) is 9.26. The van der Waals surface area contributed by atoms with Gasteiger partial charge in [-0.05, 0) is 56.2 Å². The summed E-state index contributed by atoms with van der Waals surface area (Å²) in [7, 11) is 0. The Kier molecular flexibility index (Phi) is 6.75. The van der Waals surface area contributed by atoms with Gasteiger partial charge in [0.2, 0.25) is 5.91 Å². The fourth-order valence-electron chi connectivity index (χ4n) is 2.73. The fraction of sp³-hybridized carbons (Fsp3) is 0.286. The van der Waals surface area contributed by atoms with Gasteiger partial charge in [0.05, 0.1) is 11.4 Å². The molecule has 146 valence electrons. The van der Waals surface area contributed by atoms with Crippen molar-refractivity contribution in [1.82, 2.24) is 20.1 Å². The summed E-state index contributed by atoms with van der Waals surface area (Å²) in [5.41, 5.74) is 3.00. The van der Waals surface area contributed by atoms with Crippen LogP contribution in [-0.4, -0.2) is 32.5 Å². The first kappa shape index (κ1) is 20.4. The monoisotopic (exact) mass is 414 g/mol. The number of benzene rings is 2. The molecule has 1 aromatic heterocycles. The van der Waals surface area contributed by atoms with Gasteiger partial charge in [0.1, 0.15) is 0 Å². The molecule has 0 bridgehead atoms. The lowest BCUT2D eigenvalue weighted by Gasteiger charge is -2.14. The number of nitrogens with zero attached hydrogens (tertiary/aromatic N) is 3. The maximum Gasteiger partial charge on any atom is 0.230 e. The first-order chi connectivity index (χ1) is 13.5. The lowest BCUT2D eigenvalue weighted by molar-refractivity contribution is -0.119. The standard InChI is InChI=1S/C21H23ClN4OS/c1-4-15(3)23-19(27)13-28-21-25-24-20(16-9-11-17(22)12-10-16)26(21)18-8-6-5-7-14(18)2/h5-12,15H,4,13H2,1-3H3,(H,23,27)/t15-/m1/s1. The molecule has 5 nitrogen and oxygen atoms in total. The summed E-state index contributed by atoms with van der Waals surface area (Å²) in [4.78, 5) is 12.2. The van der Waals surface area contributed by atoms with Gasteiger partial charge in [-0.2, -0.15) is 0 Å². The summed E-state index contributed by atoms with van der Waals surface area (Å²) in [5, 5.41) is 13.1. The zero-order chi connectivity index (χ0) is 20.1. The van der Waals surface area contributed by atoms with Gasteiger partial charge in [-0.25, -0.2) is 0 Å². The number of aromatic nitrogens is 3. The maximum atomic E-state index is 12.2. The Hall–Kier alpha value is -2.31. The van der Waals surface area contributed by atoms with Crippen LogP contribution in [0.15, 0.2) is 53.7 Å². The Labute approximate surface area is 174 Å². The Balaban J connectivity index is 1.95. The van der Waals surface area contributed by atoms with Gasteiger partial charge in [0.15, 0.2) is 11.0 Å². The third-order valence-electron chi connectivity index (χ3n) is 4.44. The molecule has 1 amide bonds. The average Bonchev–Trinajstić information content (AvgIpc) is 3.11. The second-order valence-corrected chi connectivity index (χ2v) is 7.98. The predicted octanol–water partition coefficient (Wildman–Crippen LogP) is 4.90. The number of para-hydroxylation sites is 1. The molecule has 1 N–H and O–H groups in total. The maximum absolute atomic E-state index is 12.2. The van der Waals surface area contributed by atoms with Crippen LogP contribution in [0.2, 0.25) is 5.02 Å². The molecular formula is C21H23ClN4OS. The lowest BCUT2D eigenvalue weighted by atomic mass is 10.1. The van der Waals surface area contributed by atoms with Gasteiger partial charge >= 0.3 is 0 Å². The number of aryl methyl sites for hydroxylation is 1. The highest BCUT2D eigenvalue weighted by molar-refractivity contribution is 7.99. The Morgan fingerprint density at radius 2 is 1.89 bits per heavy atom. The van der Waals surface area contributed by atoms with E-state index in [1.807, 2.05) is 73.9 Å². The minimum Gasteiger partial charge on any atom is -0.353 e. The van der Waals surface area contributed by atoms with Crippen molar-refractivity contribution in [3.8, 4) is 17.1 Å². The zero-order valence-corrected chi connectivity index (χ0v) is 17.7. The molecule has 1 heterocycles. The van der Waals surface area contributed by atoms with Crippen molar-refractivity contribution in [3.05, 3.63) is 59.1 Å². The van der Waals surface area contributed by atoms with Crippen molar-refractivity contribution >= 4 is 29.3 Å². The number of halogens is 1. The van der Waals surface area contributed by atoms with Gasteiger partial charge in [0.25, 0.3) is 0 Å². The molecule has 0 saturated carbocycles. The van der Waals surface area contributed by atoms with Crippen molar-refractivity contribution in [2.45, 2.75) is 38.4 Å². The number of carbonyl (C=O) groups excluding carboxylic acids is 1. The minimum absolute atomic E-state index is 0.00766. The van der Waals surface area contributed by atoms with E-state index in [2.05, 4.69) is 15.5 Å². The molecule has 0 aliphatic rings. The summed E-state index contributed by atoms with van der Waals surface area (Å²) >= 11 is 7.41. The van der Waals surface area contributed by atoms with E-state index in [4.69, 9.17) is 11.6 Å². The van der Waals surface area contributed by atoms with Crippen LogP contribution in [0.1, 0.15) is 25.8 Å². The topological polar surface area (TPSA) is 59.8 Å². The number of thioether (sulfide) groups is 1. The molecule has 0 saturated heterocycles. The van der Waals surface area contributed by atoms with Crippen LogP contribution in [-0.2, 0) is 4.79 Å². The molecular weight excluding hydrogens is 392 g/mol. The number of carbonyl (C=O) groups is 1. The van der Waals surface area contributed by atoms with E-state index in [0.717, 1.165) is 29.1 Å². The number of nitrogens with one attached hydrogen (secondary N) is 1. The SMILES string of the molecule is CC[C@@H](C)NC(=O)CSc1nnc(-c2ccc(Cl)cc2)n1-c1ccccc1C. The normalized spacial score (nSPS) is 12.0. The number of hydrogen-bond donors (Lipinski definition) is 1. The molecule has 3 rings (SSSR count). The van der Waals surface area contributed by atoms with Gasteiger partial charge in [0, 0.05) is 16.6 Å². The van der Waals surface area contributed by atoms with Crippen LogP contribution >= 0.6 is 23.4 Å². The molecule has 3 aromatic rings. The van der Waals surface area contributed by atoms with E-state index >= 15 is 0 Å². The van der Waals surface area contributed by atoms with E-state index in [9.17, 15) is 4.79 Å². The molecule has 0 unspecified atom stereocenters. The Morgan fingerprint density at radius 3 is 2.57 bits per heavy atom. The molecule has 0 spiro atoms. The van der Waals surface area contributed by atoms with Crippen molar-refractivity contribution in [2.24, 2.45) is 0 Å². The minimum atomic E-state index is -0.00766. The van der Waals surface area contributed by atoms with Crippen molar-refractivity contribution in [1.29, 1.82) is 0 Å². The third-order valence-corrected chi connectivity index (χ3v) is 5.63. The van der Waals surface area contributed by atoms with Crippen molar-refractivity contribution in [3.63, 3.8) is 0 Å². The van der Waals surface area contributed by atoms with Crippen LogP contribution in [0.4, 0.5) is 0 Å². The first-order valence-corrected chi connectivity index (χ1v) is 10.6. The highest BCUT2D eigenvalue weighted by Crippen LogP contribution is 2.30. The van der Waals surface area contributed by atoms with Crippen LogP contribution in [0.25, 0.3) is 17.1 Å². The fourth-order valence-corrected chi connectivity index (χ4v) is 3.61.